The lowest BCUT2D eigenvalue weighted by atomic mass is 10.1. The van der Waals surface area contributed by atoms with Gasteiger partial charge in [0.1, 0.15) is 5.82 Å². The molecule has 0 unspecified atom stereocenters. The van der Waals surface area contributed by atoms with E-state index in [0.29, 0.717) is 0 Å². The molecule has 22 heavy (non-hydrogen) atoms. The monoisotopic (exact) mass is 321 g/mol. The number of para-hydroxylation sites is 1. The fourth-order valence-electron chi connectivity index (χ4n) is 1.88. The van der Waals surface area contributed by atoms with Crippen LogP contribution in [0.2, 0.25) is 5.02 Å². The number of carbonyl (C=O) groups is 2. The van der Waals surface area contributed by atoms with Gasteiger partial charge in [0.15, 0.2) is 0 Å². The van der Waals surface area contributed by atoms with Gasteiger partial charge in [-0.2, -0.15) is 0 Å². The van der Waals surface area contributed by atoms with E-state index in [1.807, 2.05) is 0 Å². The highest BCUT2D eigenvalue weighted by Gasteiger charge is 2.19. The number of hydrogen-bond acceptors (Lipinski definition) is 3. The van der Waals surface area contributed by atoms with Crippen molar-refractivity contribution in [2.45, 2.75) is 6.92 Å². The molecule has 0 bridgehead atoms. The van der Waals surface area contributed by atoms with Crippen molar-refractivity contribution in [3.8, 4) is 0 Å². The second-order valence-electron chi connectivity index (χ2n) is 4.32. The van der Waals surface area contributed by atoms with E-state index in [1.165, 1.54) is 24.3 Å². The normalized spacial score (nSPS) is 10.1. The zero-order valence-corrected chi connectivity index (χ0v) is 12.5. The molecule has 0 aliphatic heterocycles. The Kier molecular flexibility index (Phi) is 5.12. The third kappa shape index (κ3) is 3.43. The number of nitrogens with one attached hydrogen (secondary N) is 1. The van der Waals surface area contributed by atoms with E-state index in [2.05, 4.69) is 5.32 Å². The molecule has 2 aromatic rings. The number of amides is 1. The zero-order valence-electron chi connectivity index (χ0n) is 11.7. The van der Waals surface area contributed by atoms with Gasteiger partial charge in [-0.15, -0.1) is 0 Å². The number of anilines is 1. The molecule has 1 amide bonds. The summed E-state index contributed by atoms with van der Waals surface area (Å²) < 4.78 is 18.7. The molecule has 0 heterocycles. The van der Waals surface area contributed by atoms with E-state index in [9.17, 15) is 14.0 Å². The van der Waals surface area contributed by atoms with Crippen LogP contribution < -0.4 is 5.32 Å². The molecule has 2 rings (SSSR count). The maximum atomic E-state index is 13.7. The lowest BCUT2D eigenvalue weighted by molar-refractivity contribution is 0.0527. The summed E-state index contributed by atoms with van der Waals surface area (Å²) in [6, 6.07) is 10.3. The molecular formula is C16H13ClFNO3. The Morgan fingerprint density at radius 3 is 2.59 bits per heavy atom. The summed E-state index contributed by atoms with van der Waals surface area (Å²) in [6.45, 7) is 1.89. The average Bonchev–Trinajstić information content (AvgIpc) is 2.47. The quantitative estimate of drug-likeness (QED) is 0.869. The van der Waals surface area contributed by atoms with Crippen LogP contribution in [0, 0.1) is 5.82 Å². The second-order valence-corrected chi connectivity index (χ2v) is 4.72. The third-order valence-electron chi connectivity index (χ3n) is 2.86. The lowest BCUT2D eigenvalue weighted by Crippen LogP contribution is -2.17. The van der Waals surface area contributed by atoms with E-state index in [-0.39, 0.29) is 28.4 Å². The molecule has 0 aliphatic carbocycles. The summed E-state index contributed by atoms with van der Waals surface area (Å²) in [5, 5.41) is 2.48. The zero-order chi connectivity index (χ0) is 16.1. The summed E-state index contributed by atoms with van der Waals surface area (Å²) in [5.74, 6) is -2.04. The Morgan fingerprint density at radius 1 is 1.18 bits per heavy atom. The van der Waals surface area contributed by atoms with Gasteiger partial charge in [-0.25, -0.2) is 9.18 Å². The van der Waals surface area contributed by atoms with Crippen molar-refractivity contribution in [1.29, 1.82) is 0 Å². The van der Waals surface area contributed by atoms with Crippen molar-refractivity contribution in [2.24, 2.45) is 0 Å². The Balaban J connectivity index is 2.31. The maximum Gasteiger partial charge on any atom is 0.340 e. The SMILES string of the molecule is CCOC(=O)c1ccccc1NC(=O)c1c(F)cccc1Cl. The first-order valence-electron chi connectivity index (χ1n) is 6.56. The van der Waals surface area contributed by atoms with Gasteiger partial charge < -0.3 is 10.1 Å². The van der Waals surface area contributed by atoms with Crippen molar-refractivity contribution in [3.63, 3.8) is 0 Å². The Bertz CT molecular complexity index is 698. The van der Waals surface area contributed by atoms with Gasteiger partial charge in [0.2, 0.25) is 0 Å². The fourth-order valence-corrected chi connectivity index (χ4v) is 2.13. The van der Waals surface area contributed by atoms with Gasteiger partial charge in [-0.05, 0) is 31.2 Å². The highest BCUT2D eigenvalue weighted by Crippen LogP contribution is 2.22. The van der Waals surface area contributed by atoms with Crippen LogP contribution in [0.3, 0.4) is 0 Å². The van der Waals surface area contributed by atoms with Gasteiger partial charge in [0, 0.05) is 0 Å². The van der Waals surface area contributed by atoms with Crippen LogP contribution >= 0.6 is 11.6 Å². The summed E-state index contributed by atoms with van der Waals surface area (Å²) >= 11 is 5.85. The van der Waals surface area contributed by atoms with Crippen molar-refractivity contribution in [2.75, 3.05) is 11.9 Å². The van der Waals surface area contributed by atoms with Gasteiger partial charge in [0.25, 0.3) is 5.91 Å². The largest absolute Gasteiger partial charge is 0.462 e. The lowest BCUT2D eigenvalue weighted by Gasteiger charge is -2.11. The molecule has 0 saturated heterocycles. The first-order chi connectivity index (χ1) is 10.5. The van der Waals surface area contributed by atoms with Crippen LogP contribution in [-0.2, 0) is 4.74 Å². The van der Waals surface area contributed by atoms with Crippen LogP contribution in [0.1, 0.15) is 27.6 Å². The maximum absolute atomic E-state index is 13.7. The van der Waals surface area contributed by atoms with Crippen molar-refractivity contribution in [1.82, 2.24) is 0 Å². The van der Waals surface area contributed by atoms with E-state index >= 15 is 0 Å². The van der Waals surface area contributed by atoms with Gasteiger partial charge in [-0.3, -0.25) is 4.79 Å². The first kappa shape index (κ1) is 16.0. The summed E-state index contributed by atoms with van der Waals surface area (Å²) in [6.07, 6.45) is 0. The van der Waals surface area contributed by atoms with Crippen molar-refractivity contribution < 1.29 is 18.7 Å². The van der Waals surface area contributed by atoms with Gasteiger partial charge in [-0.1, -0.05) is 29.8 Å². The number of rotatable bonds is 4. The molecular weight excluding hydrogens is 309 g/mol. The molecule has 114 valence electrons. The highest BCUT2D eigenvalue weighted by atomic mass is 35.5. The number of halogens is 2. The molecule has 0 radical (unpaired) electrons. The first-order valence-corrected chi connectivity index (χ1v) is 6.94. The minimum Gasteiger partial charge on any atom is -0.462 e. The third-order valence-corrected chi connectivity index (χ3v) is 3.18. The number of carbonyl (C=O) groups excluding carboxylic acids is 2. The summed E-state index contributed by atoms with van der Waals surface area (Å²) in [4.78, 5) is 24.0. The predicted molar refractivity (Wildman–Crippen MR) is 81.8 cm³/mol. The summed E-state index contributed by atoms with van der Waals surface area (Å²) in [5.41, 5.74) is 0.137. The number of hydrogen-bond donors (Lipinski definition) is 1. The van der Waals surface area contributed by atoms with Crippen LogP contribution in [0.4, 0.5) is 10.1 Å². The summed E-state index contributed by atoms with van der Waals surface area (Å²) in [7, 11) is 0. The smallest absolute Gasteiger partial charge is 0.340 e. The number of esters is 1. The van der Waals surface area contributed by atoms with E-state index < -0.39 is 17.7 Å². The molecule has 0 saturated carbocycles. The number of benzene rings is 2. The van der Waals surface area contributed by atoms with Crippen molar-refractivity contribution in [3.05, 3.63) is 64.4 Å². The Hall–Kier alpha value is -2.40. The minimum absolute atomic E-state index is 0.00823. The molecule has 0 atom stereocenters. The molecule has 0 aromatic heterocycles. The van der Waals surface area contributed by atoms with E-state index in [1.54, 1.807) is 19.1 Å². The predicted octanol–water partition coefficient (Wildman–Crippen LogP) is 3.91. The van der Waals surface area contributed by atoms with Crippen LogP contribution in [0.15, 0.2) is 42.5 Å². The molecule has 0 fully saturated rings. The fraction of sp³-hybridized carbons (Fsp3) is 0.125. The Labute approximate surface area is 131 Å². The van der Waals surface area contributed by atoms with Crippen LogP contribution in [0.5, 0.6) is 0 Å². The average molecular weight is 322 g/mol. The molecule has 1 N–H and O–H groups in total. The van der Waals surface area contributed by atoms with E-state index in [0.717, 1.165) is 6.07 Å². The standard InChI is InChI=1S/C16H13ClFNO3/c1-2-22-16(21)10-6-3-4-9-13(10)19-15(20)14-11(17)7-5-8-12(14)18/h3-9H,2H2,1H3,(H,19,20). The molecule has 2 aromatic carbocycles. The van der Waals surface area contributed by atoms with Gasteiger partial charge in [0.05, 0.1) is 28.4 Å². The van der Waals surface area contributed by atoms with E-state index in [4.69, 9.17) is 16.3 Å². The topological polar surface area (TPSA) is 55.4 Å². The Morgan fingerprint density at radius 2 is 1.91 bits per heavy atom. The molecule has 4 nitrogen and oxygen atoms in total. The molecule has 0 aliphatic rings. The van der Waals surface area contributed by atoms with Gasteiger partial charge >= 0.3 is 5.97 Å². The van der Waals surface area contributed by atoms with Crippen molar-refractivity contribution >= 4 is 29.2 Å². The molecule has 0 spiro atoms. The minimum atomic E-state index is -0.737. The highest BCUT2D eigenvalue weighted by molar-refractivity contribution is 6.34. The second kappa shape index (κ2) is 7.04. The molecule has 6 heteroatoms. The number of ether oxygens (including phenoxy) is 1. The van der Waals surface area contributed by atoms with Crippen LogP contribution in [-0.4, -0.2) is 18.5 Å². The van der Waals surface area contributed by atoms with Crippen LogP contribution in [0.25, 0.3) is 0 Å².